The quantitative estimate of drug-likeness (QED) is 0.335. The van der Waals surface area contributed by atoms with Crippen LogP contribution in [0.1, 0.15) is 38.7 Å². The first kappa shape index (κ1) is 23.3. The second kappa shape index (κ2) is 12.6. The maximum Gasteiger partial charge on any atom is 0.306 e. The molecule has 0 saturated heterocycles. The lowest BCUT2D eigenvalue weighted by Gasteiger charge is -2.12. The fraction of sp³-hybridized carbons (Fsp3) is 0.348. The van der Waals surface area contributed by atoms with E-state index in [0.29, 0.717) is 6.61 Å². The van der Waals surface area contributed by atoms with Crippen molar-refractivity contribution in [3.05, 3.63) is 60.2 Å². The fourth-order valence-corrected chi connectivity index (χ4v) is 2.87. The Morgan fingerprint density at radius 3 is 2.37 bits per heavy atom. The van der Waals surface area contributed by atoms with E-state index in [9.17, 15) is 9.59 Å². The van der Waals surface area contributed by atoms with E-state index in [0.717, 1.165) is 24.3 Å². The van der Waals surface area contributed by atoms with Crippen molar-refractivity contribution in [3.63, 3.8) is 0 Å². The molecule has 160 valence electrons. The molecule has 0 unspecified atom stereocenters. The largest absolute Gasteiger partial charge is 0.491 e. The molecule has 0 spiro atoms. The van der Waals surface area contributed by atoms with Gasteiger partial charge in [0.25, 0.3) is 0 Å². The molecule has 0 fully saturated rings. The Hall–Kier alpha value is -2.93. The average Bonchev–Trinajstić information content (AvgIpc) is 2.71. The van der Waals surface area contributed by atoms with Crippen LogP contribution in [0, 0.1) is 0 Å². The minimum Gasteiger partial charge on any atom is -0.491 e. The molecule has 0 aromatic heterocycles. The number of aryl methyl sites for hydroxylation is 1. The van der Waals surface area contributed by atoms with Gasteiger partial charge in [0.15, 0.2) is 5.11 Å². The Kier molecular flexibility index (Phi) is 9.80. The predicted octanol–water partition coefficient (Wildman–Crippen LogP) is 4.24. The van der Waals surface area contributed by atoms with E-state index in [1.54, 1.807) is 0 Å². The number of benzene rings is 2. The van der Waals surface area contributed by atoms with Crippen molar-refractivity contribution >= 4 is 34.9 Å². The number of hydrogen-bond donors (Lipinski definition) is 2. The summed E-state index contributed by atoms with van der Waals surface area (Å²) >= 11 is 5.14. The van der Waals surface area contributed by atoms with Crippen molar-refractivity contribution in [1.82, 2.24) is 5.32 Å². The highest BCUT2D eigenvalue weighted by Gasteiger charge is 2.10. The third kappa shape index (κ3) is 9.52. The number of anilines is 1. The molecule has 2 rings (SSSR count). The van der Waals surface area contributed by atoms with Gasteiger partial charge in [0.1, 0.15) is 5.75 Å². The molecular weight excluding hydrogens is 400 g/mol. The number of esters is 1. The van der Waals surface area contributed by atoms with Crippen LogP contribution in [-0.2, 0) is 20.7 Å². The van der Waals surface area contributed by atoms with E-state index in [2.05, 4.69) is 10.6 Å². The van der Waals surface area contributed by atoms with Crippen molar-refractivity contribution in [3.8, 4) is 5.75 Å². The van der Waals surface area contributed by atoms with Crippen LogP contribution in [0.5, 0.6) is 5.75 Å². The van der Waals surface area contributed by atoms with Gasteiger partial charge in [-0.2, -0.15) is 0 Å². The van der Waals surface area contributed by atoms with Crippen LogP contribution in [0.15, 0.2) is 54.6 Å². The number of amides is 1. The van der Waals surface area contributed by atoms with Crippen molar-refractivity contribution in [2.24, 2.45) is 0 Å². The van der Waals surface area contributed by atoms with Crippen LogP contribution in [-0.4, -0.2) is 29.7 Å². The maximum atomic E-state index is 12.0. The Labute approximate surface area is 183 Å². The normalized spacial score (nSPS) is 10.4. The number of carbonyl (C=O) groups excluding carboxylic acids is 2. The highest BCUT2D eigenvalue weighted by molar-refractivity contribution is 7.80. The summed E-state index contributed by atoms with van der Waals surface area (Å²) in [6.07, 6.45) is 1.72. The summed E-state index contributed by atoms with van der Waals surface area (Å²) in [5.74, 6) is 0.0270. The van der Waals surface area contributed by atoms with Gasteiger partial charge in [-0.3, -0.25) is 9.59 Å². The van der Waals surface area contributed by atoms with E-state index in [4.69, 9.17) is 21.7 Å². The monoisotopic (exact) mass is 428 g/mol. The van der Waals surface area contributed by atoms with Gasteiger partial charge in [-0.1, -0.05) is 30.3 Å². The van der Waals surface area contributed by atoms with E-state index < -0.39 is 5.97 Å². The van der Waals surface area contributed by atoms with Gasteiger partial charge in [0, 0.05) is 12.1 Å². The molecule has 0 aliphatic heterocycles. The summed E-state index contributed by atoms with van der Waals surface area (Å²) < 4.78 is 10.8. The minimum absolute atomic E-state index is 0.0144. The van der Waals surface area contributed by atoms with Gasteiger partial charge < -0.3 is 20.1 Å². The summed E-state index contributed by atoms with van der Waals surface area (Å²) in [6, 6.07) is 17.3. The highest BCUT2D eigenvalue weighted by Crippen LogP contribution is 2.16. The average molecular weight is 429 g/mol. The third-order valence-corrected chi connectivity index (χ3v) is 4.21. The molecule has 0 atom stereocenters. The summed E-state index contributed by atoms with van der Waals surface area (Å²) in [4.78, 5) is 23.8. The predicted molar refractivity (Wildman–Crippen MR) is 122 cm³/mol. The molecule has 0 aliphatic carbocycles. The Morgan fingerprint density at radius 2 is 1.70 bits per heavy atom. The summed E-state index contributed by atoms with van der Waals surface area (Å²) in [5.41, 5.74) is 1.94. The zero-order valence-corrected chi connectivity index (χ0v) is 18.2. The number of ether oxygens (including phenoxy) is 2. The van der Waals surface area contributed by atoms with Crippen LogP contribution < -0.4 is 15.4 Å². The van der Waals surface area contributed by atoms with E-state index in [1.165, 1.54) is 5.56 Å². The molecular formula is C23H28N2O4S. The summed E-state index contributed by atoms with van der Waals surface area (Å²) in [7, 11) is 0. The lowest BCUT2D eigenvalue weighted by molar-refractivity contribution is -0.145. The van der Waals surface area contributed by atoms with Gasteiger partial charge in [-0.15, -0.1) is 0 Å². The molecule has 2 aromatic rings. The molecule has 2 N–H and O–H groups in total. The van der Waals surface area contributed by atoms with Crippen LogP contribution in [0.25, 0.3) is 0 Å². The molecule has 0 saturated carbocycles. The molecule has 6 nitrogen and oxygen atoms in total. The van der Waals surface area contributed by atoms with E-state index in [-0.39, 0.29) is 30.0 Å². The molecule has 7 heteroatoms. The van der Waals surface area contributed by atoms with Crippen molar-refractivity contribution in [2.45, 2.75) is 45.6 Å². The summed E-state index contributed by atoms with van der Waals surface area (Å²) in [5, 5.41) is 5.66. The van der Waals surface area contributed by atoms with Crippen molar-refractivity contribution in [2.75, 3.05) is 11.9 Å². The van der Waals surface area contributed by atoms with Gasteiger partial charge in [0.05, 0.1) is 19.1 Å². The number of thiocarbonyl (C=S) groups is 1. The van der Waals surface area contributed by atoms with E-state index >= 15 is 0 Å². The van der Waals surface area contributed by atoms with Crippen molar-refractivity contribution < 1.29 is 19.1 Å². The van der Waals surface area contributed by atoms with Crippen molar-refractivity contribution in [1.29, 1.82) is 0 Å². The van der Waals surface area contributed by atoms with Gasteiger partial charge in [-0.05, 0) is 68.7 Å². The molecule has 2 aromatic carbocycles. The lowest BCUT2D eigenvalue weighted by atomic mass is 10.1. The molecule has 0 aliphatic rings. The van der Waals surface area contributed by atoms with Crippen LogP contribution in [0.3, 0.4) is 0 Å². The molecule has 0 bridgehead atoms. The Balaban J connectivity index is 1.60. The first-order chi connectivity index (χ1) is 14.4. The van der Waals surface area contributed by atoms with Crippen LogP contribution in [0.4, 0.5) is 5.69 Å². The molecule has 1 amide bonds. The number of nitrogens with one attached hydrogen (secondary N) is 2. The second-order valence-electron chi connectivity index (χ2n) is 7.00. The van der Waals surface area contributed by atoms with Gasteiger partial charge in [-0.25, -0.2) is 0 Å². The topological polar surface area (TPSA) is 76.7 Å². The number of rotatable bonds is 10. The highest BCUT2D eigenvalue weighted by atomic mass is 32.1. The van der Waals surface area contributed by atoms with Gasteiger partial charge in [0.2, 0.25) is 5.91 Å². The molecule has 0 heterocycles. The minimum atomic E-state index is -0.391. The second-order valence-corrected chi connectivity index (χ2v) is 7.41. The lowest BCUT2D eigenvalue weighted by Crippen LogP contribution is -2.34. The van der Waals surface area contributed by atoms with E-state index in [1.807, 2.05) is 68.4 Å². The smallest absolute Gasteiger partial charge is 0.306 e. The van der Waals surface area contributed by atoms with Gasteiger partial charge >= 0.3 is 5.97 Å². The first-order valence-electron chi connectivity index (χ1n) is 9.99. The SMILES string of the molecule is CC(C)Oc1ccc(NC(=S)NC(=O)CCC(=O)OCCCc2ccccc2)cc1. The zero-order valence-electron chi connectivity index (χ0n) is 17.4. The zero-order chi connectivity index (χ0) is 21.8. The van der Waals surface area contributed by atoms with Crippen LogP contribution in [0.2, 0.25) is 0 Å². The first-order valence-corrected chi connectivity index (χ1v) is 10.4. The molecule has 0 radical (unpaired) electrons. The summed E-state index contributed by atoms with van der Waals surface area (Å²) in [6.45, 7) is 4.25. The maximum absolute atomic E-state index is 12.0. The number of hydrogen-bond acceptors (Lipinski definition) is 5. The Bertz CT molecular complexity index is 823. The van der Waals surface area contributed by atoms with Crippen LogP contribution >= 0.6 is 12.2 Å². The number of carbonyl (C=O) groups is 2. The standard InChI is InChI=1S/C23H28N2O4S/c1-17(2)29-20-12-10-19(11-13-20)24-23(30)25-21(26)14-15-22(27)28-16-6-9-18-7-4-3-5-8-18/h3-5,7-8,10-13,17H,6,9,14-16H2,1-2H3,(H2,24,25,26,30). The Morgan fingerprint density at radius 1 is 1.00 bits per heavy atom. The third-order valence-electron chi connectivity index (χ3n) is 4.01. The molecule has 30 heavy (non-hydrogen) atoms. The fourth-order valence-electron chi connectivity index (χ4n) is 2.64.